The molecule has 0 atom stereocenters. The lowest BCUT2D eigenvalue weighted by atomic mass is 9.86. The van der Waals surface area contributed by atoms with E-state index in [1.165, 1.54) is 4.90 Å². The van der Waals surface area contributed by atoms with Gasteiger partial charge in [0.2, 0.25) is 0 Å². The molecule has 2 rings (SSSR count). The lowest BCUT2D eigenvalue weighted by Gasteiger charge is -2.24. The first-order valence-corrected chi connectivity index (χ1v) is 6.68. The molecule has 1 heterocycles. The average Bonchev–Trinajstić information content (AvgIpc) is 3.10. The van der Waals surface area contributed by atoms with E-state index in [1.54, 1.807) is 20.3 Å². The zero-order chi connectivity index (χ0) is 14.2. The number of aromatic nitrogens is 1. The third-order valence-corrected chi connectivity index (χ3v) is 3.13. The van der Waals surface area contributed by atoms with Crippen LogP contribution in [0, 0.1) is 0 Å². The second-order valence-electron chi connectivity index (χ2n) is 6.30. The number of carbonyl (C=O) groups is 1. The number of pyridine rings is 1. The molecule has 1 aromatic heterocycles. The Morgan fingerprint density at radius 3 is 2.47 bits per heavy atom. The first kappa shape index (κ1) is 13.8. The van der Waals surface area contributed by atoms with E-state index >= 15 is 0 Å². The Morgan fingerprint density at radius 2 is 2.00 bits per heavy atom. The summed E-state index contributed by atoms with van der Waals surface area (Å²) < 4.78 is 5.98. The molecule has 1 aliphatic carbocycles. The Hall–Kier alpha value is -1.58. The van der Waals surface area contributed by atoms with Gasteiger partial charge >= 0.3 is 0 Å². The van der Waals surface area contributed by atoms with Gasteiger partial charge in [-0.15, -0.1) is 0 Å². The first-order valence-electron chi connectivity index (χ1n) is 6.68. The zero-order valence-corrected chi connectivity index (χ0v) is 12.4. The Kier molecular flexibility index (Phi) is 3.52. The minimum Gasteiger partial charge on any atom is -0.488 e. The van der Waals surface area contributed by atoms with Crippen LogP contribution >= 0.6 is 0 Å². The highest BCUT2D eigenvalue weighted by Crippen LogP contribution is 2.37. The highest BCUT2D eigenvalue weighted by Gasteiger charge is 2.31. The molecule has 0 aromatic carbocycles. The maximum atomic E-state index is 12.2. The van der Waals surface area contributed by atoms with E-state index in [9.17, 15) is 4.79 Å². The molecule has 104 valence electrons. The van der Waals surface area contributed by atoms with Crippen LogP contribution in [0.25, 0.3) is 0 Å². The molecule has 0 spiro atoms. The summed E-state index contributed by atoms with van der Waals surface area (Å²) in [4.78, 5) is 18.0. The van der Waals surface area contributed by atoms with Gasteiger partial charge in [-0.1, -0.05) is 20.8 Å². The summed E-state index contributed by atoms with van der Waals surface area (Å²) in [5.41, 5.74) is 1.39. The Bertz CT molecular complexity index is 485. The van der Waals surface area contributed by atoms with Crippen LogP contribution in [0.15, 0.2) is 12.3 Å². The molecule has 1 fully saturated rings. The van der Waals surface area contributed by atoms with Crippen LogP contribution in [-0.4, -0.2) is 36.0 Å². The molecule has 0 radical (unpaired) electrons. The first-order chi connectivity index (χ1) is 8.80. The van der Waals surface area contributed by atoms with Gasteiger partial charge in [-0.3, -0.25) is 4.79 Å². The molecule has 0 bridgehead atoms. The molecule has 0 N–H and O–H groups in total. The molecule has 4 heteroatoms. The lowest BCUT2D eigenvalue weighted by molar-refractivity contribution is 0.0816. The van der Waals surface area contributed by atoms with E-state index < -0.39 is 0 Å². The number of rotatable bonds is 3. The standard InChI is InChI=1S/C15H22N2O2/c1-15(2,3)11-8-9-16-12(14(18)17(4)5)13(11)19-10-6-7-10/h8-10H,6-7H2,1-5H3. The van der Waals surface area contributed by atoms with E-state index in [-0.39, 0.29) is 17.4 Å². The van der Waals surface area contributed by atoms with E-state index in [0.29, 0.717) is 11.4 Å². The van der Waals surface area contributed by atoms with Gasteiger partial charge in [0.25, 0.3) is 5.91 Å². The summed E-state index contributed by atoms with van der Waals surface area (Å²) in [6, 6.07) is 1.95. The monoisotopic (exact) mass is 262 g/mol. The number of ether oxygens (including phenoxy) is 1. The summed E-state index contributed by atoms with van der Waals surface area (Å²) in [7, 11) is 3.46. The van der Waals surface area contributed by atoms with Gasteiger partial charge in [0, 0.05) is 25.9 Å². The van der Waals surface area contributed by atoms with Gasteiger partial charge in [0.05, 0.1) is 6.10 Å². The maximum Gasteiger partial charge on any atom is 0.275 e. The minimum atomic E-state index is -0.109. The van der Waals surface area contributed by atoms with Gasteiger partial charge < -0.3 is 9.64 Å². The summed E-state index contributed by atoms with van der Waals surface area (Å²) in [5.74, 6) is 0.554. The van der Waals surface area contributed by atoms with Crippen LogP contribution in [0.1, 0.15) is 49.7 Å². The van der Waals surface area contributed by atoms with E-state index in [1.807, 2.05) is 6.07 Å². The van der Waals surface area contributed by atoms with Gasteiger partial charge in [0.15, 0.2) is 11.4 Å². The number of hydrogen-bond acceptors (Lipinski definition) is 3. The molecule has 1 aromatic rings. The van der Waals surface area contributed by atoms with Gasteiger partial charge in [-0.25, -0.2) is 4.98 Å². The van der Waals surface area contributed by atoms with Crippen molar-refractivity contribution in [3.05, 3.63) is 23.5 Å². The predicted octanol–water partition coefficient (Wildman–Crippen LogP) is 2.62. The van der Waals surface area contributed by atoms with Crippen LogP contribution < -0.4 is 4.74 Å². The van der Waals surface area contributed by atoms with E-state index in [4.69, 9.17) is 4.74 Å². The van der Waals surface area contributed by atoms with Crippen LogP contribution in [0.3, 0.4) is 0 Å². The van der Waals surface area contributed by atoms with Crippen molar-refractivity contribution in [2.45, 2.75) is 45.1 Å². The average molecular weight is 262 g/mol. The van der Waals surface area contributed by atoms with Crippen LogP contribution in [0.2, 0.25) is 0 Å². The molecule has 1 aliphatic rings. The van der Waals surface area contributed by atoms with Crippen LogP contribution in [0.4, 0.5) is 0 Å². The molecule has 4 nitrogen and oxygen atoms in total. The minimum absolute atomic E-state index is 0.0749. The second kappa shape index (κ2) is 4.83. The molecule has 0 saturated heterocycles. The Labute approximate surface area is 114 Å². The molecule has 0 unspecified atom stereocenters. The quantitative estimate of drug-likeness (QED) is 0.841. The fraction of sp³-hybridized carbons (Fsp3) is 0.600. The summed E-state index contributed by atoms with van der Waals surface area (Å²) in [5, 5.41) is 0. The highest BCUT2D eigenvalue weighted by molar-refractivity contribution is 5.95. The molecule has 19 heavy (non-hydrogen) atoms. The van der Waals surface area contributed by atoms with Crippen molar-refractivity contribution in [2.75, 3.05) is 14.1 Å². The molecular formula is C15H22N2O2. The highest BCUT2D eigenvalue weighted by atomic mass is 16.5. The predicted molar refractivity (Wildman–Crippen MR) is 74.6 cm³/mol. The summed E-state index contributed by atoms with van der Waals surface area (Å²) in [6.45, 7) is 6.35. The Balaban J connectivity index is 2.49. The smallest absolute Gasteiger partial charge is 0.275 e. The third-order valence-electron chi connectivity index (χ3n) is 3.13. The number of amides is 1. The van der Waals surface area contributed by atoms with Crippen molar-refractivity contribution in [2.24, 2.45) is 0 Å². The molecule has 0 aliphatic heterocycles. The van der Waals surface area contributed by atoms with Crippen molar-refractivity contribution < 1.29 is 9.53 Å². The fourth-order valence-electron chi connectivity index (χ4n) is 1.87. The van der Waals surface area contributed by atoms with E-state index in [2.05, 4.69) is 25.8 Å². The van der Waals surface area contributed by atoms with Crippen LogP contribution in [-0.2, 0) is 5.41 Å². The topological polar surface area (TPSA) is 42.4 Å². The normalized spacial score (nSPS) is 15.2. The van der Waals surface area contributed by atoms with Gasteiger partial charge in [-0.2, -0.15) is 0 Å². The number of nitrogens with zero attached hydrogens (tertiary/aromatic N) is 2. The van der Waals surface area contributed by atoms with E-state index in [0.717, 1.165) is 18.4 Å². The van der Waals surface area contributed by atoms with Crippen LogP contribution in [0.5, 0.6) is 5.75 Å². The SMILES string of the molecule is CN(C)C(=O)c1nccc(C(C)(C)C)c1OC1CC1. The largest absolute Gasteiger partial charge is 0.488 e. The van der Waals surface area contributed by atoms with Crippen molar-refractivity contribution in [1.29, 1.82) is 0 Å². The zero-order valence-electron chi connectivity index (χ0n) is 12.4. The molecule has 1 amide bonds. The maximum absolute atomic E-state index is 12.2. The Morgan fingerprint density at radius 1 is 1.37 bits per heavy atom. The van der Waals surface area contributed by atoms with Crippen molar-refractivity contribution in [3.63, 3.8) is 0 Å². The van der Waals surface area contributed by atoms with Crippen molar-refractivity contribution in [1.82, 2.24) is 9.88 Å². The van der Waals surface area contributed by atoms with Gasteiger partial charge in [-0.05, 0) is 24.3 Å². The lowest BCUT2D eigenvalue weighted by Crippen LogP contribution is -2.25. The fourth-order valence-corrected chi connectivity index (χ4v) is 1.87. The van der Waals surface area contributed by atoms with Crippen molar-refractivity contribution in [3.8, 4) is 5.75 Å². The molecular weight excluding hydrogens is 240 g/mol. The summed E-state index contributed by atoms with van der Waals surface area (Å²) >= 11 is 0. The third kappa shape index (κ3) is 3.06. The summed E-state index contributed by atoms with van der Waals surface area (Å²) in [6.07, 6.45) is 4.07. The number of hydrogen-bond donors (Lipinski definition) is 0. The number of carbonyl (C=O) groups excluding carboxylic acids is 1. The molecule has 1 saturated carbocycles. The van der Waals surface area contributed by atoms with Crippen molar-refractivity contribution >= 4 is 5.91 Å². The second-order valence-corrected chi connectivity index (χ2v) is 6.30. The van der Waals surface area contributed by atoms with Gasteiger partial charge in [0.1, 0.15) is 0 Å².